The van der Waals surface area contributed by atoms with Gasteiger partial charge in [0.2, 0.25) is 5.91 Å². The predicted octanol–water partition coefficient (Wildman–Crippen LogP) is 0.202. The van der Waals surface area contributed by atoms with Crippen molar-refractivity contribution < 1.29 is 4.79 Å². The third kappa shape index (κ3) is 2.54. The molecule has 7 heteroatoms. The topological polar surface area (TPSA) is 86.9 Å². The number of thioether (sulfide) groups is 1. The number of H-pyrrole nitrogens is 1. The first kappa shape index (κ1) is 13.1. The predicted molar refractivity (Wildman–Crippen MR) is 78.5 cm³/mol. The van der Waals surface area contributed by atoms with Crippen LogP contribution in [0.15, 0.2) is 29.1 Å². The quantitative estimate of drug-likeness (QED) is 0.752. The highest BCUT2D eigenvalue weighted by molar-refractivity contribution is 7.99. The van der Waals surface area contributed by atoms with Gasteiger partial charge >= 0.3 is 0 Å². The van der Waals surface area contributed by atoms with Gasteiger partial charge in [0.05, 0.1) is 23.7 Å². The molecule has 1 saturated heterocycles. The van der Waals surface area contributed by atoms with Crippen molar-refractivity contribution in [2.24, 2.45) is 0 Å². The van der Waals surface area contributed by atoms with Crippen LogP contribution in [0.1, 0.15) is 5.69 Å². The Kier molecular flexibility index (Phi) is 3.70. The summed E-state index contributed by atoms with van der Waals surface area (Å²) in [5.41, 5.74) is 0.448. The van der Waals surface area contributed by atoms with Crippen molar-refractivity contribution in [1.82, 2.24) is 20.8 Å². The van der Waals surface area contributed by atoms with Crippen LogP contribution in [0.2, 0.25) is 0 Å². The van der Waals surface area contributed by atoms with Crippen LogP contribution in [-0.2, 0) is 11.3 Å². The summed E-state index contributed by atoms with van der Waals surface area (Å²) < 4.78 is 0. The van der Waals surface area contributed by atoms with E-state index in [1.165, 1.54) is 0 Å². The summed E-state index contributed by atoms with van der Waals surface area (Å²) in [6.45, 7) is 0.305. The molecule has 104 valence electrons. The molecule has 1 aliphatic heterocycles. The molecule has 1 aliphatic rings. The van der Waals surface area contributed by atoms with Crippen LogP contribution in [0.5, 0.6) is 0 Å². The third-order valence-electron chi connectivity index (χ3n) is 3.24. The molecule has 1 aromatic carbocycles. The Balaban J connectivity index is 1.79. The first-order valence-electron chi connectivity index (χ1n) is 6.31. The maximum atomic E-state index is 11.9. The van der Waals surface area contributed by atoms with Crippen LogP contribution in [0.3, 0.4) is 0 Å². The summed E-state index contributed by atoms with van der Waals surface area (Å²) in [7, 11) is 0. The number of carbonyl (C=O) groups excluding carboxylic acids is 1. The normalized spacial score (nSPS) is 18.3. The summed E-state index contributed by atoms with van der Waals surface area (Å²) in [6, 6.07) is 7.09. The molecule has 0 bridgehead atoms. The van der Waals surface area contributed by atoms with E-state index in [0.717, 1.165) is 17.0 Å². The number of rotatable bonds is 3. The summed E-state index contributed by atoms with van der Waals surface area (Å²) in [4.78, 5) is 23.6. The van der Waals surface area contributed by atoms with Crippen LogP contribution in [-0.4, -0.2) is 33.8 Å². The third-order valence-corrected chi connectivity index (χ3v) is 4.18. The van der Waals surface area contributed by atoms with E-state index in [1.54, 1.807) is 23.9 Å². The van der Waals surface area contributed by atoms with E-state index in [0.29, 0.717) is 17.6 Å². The Morgan fingerprint density at radius 2 is 2.20 bits per heavy atom. The molecule has 1 aromatic heterocycles. The molecule has 3 N–H and O–H groups in total. The molecule has 0 saturated carbocycles. The van der Waals surface area contributed by atoms with Crippen molar-refractivity contribution in [2.75, 3.05) is 11.6 Å². The van der Waals surface area contributed by atoms with E-state index in [-0.39, 0.29) is 17.5 Å². The second-order valence-corrected chi connectivity index (χ2v) is 5.56. The minimum atomic E-state index is -0.218. The van der Waals surface area contributed by atoms with E-state index in [2.05, 4.69) is 20.8 Å². The van der Waals surface area contributed by atoms with Gasteiger partial charge in [0.15, 0.2) is 0 Å². The largest absolute Gasteiger partial charge is 0.349 e. The van der Waals surface area contributed by atoms with Crippen molar-refractivity contribution >= 4 is 28.4 Å². The van der Waals surface area contributed by atoms with Crippen molar-refractivity contribution in [1.29, 1.82) is 0 Å². The Morgan fingerprint density at radius 1 is 1.40 bits per heavy atom. The number of benzene rings is 1. The zero-order valence-electron chi connectivity index (χ0n) is 10.7. The zero-order chi connectivity index (χ0) is 13.9. The highest BCUT2D eigenvalue weighted by Crippen LogP contribution is 2.13. The summed E-state index contributed by atoms with van der Waals surface area (Å²) in [5.74, 6) is 1.55. The molecule has 2 aromatic rings. The lowest BCUT2D eigenvalue weighted by atomic mass is 10.1. The van der Waals surface area contributed by atoms with Crippen molar-refractivity contribution in [3.8, 4) is 0 Å². The number of fused-ring (bicyclic) bond motifs is 1. The van der Waals surface area contributed by atoms with Gasteiger partial charge in [0.1, 0.15) is 0 Å². The monoisotopic (exact) mass is 290 g/mol. The van der Waals surface area contributed by atoms with E-state index >= 15 is 0 Å². The molecule has 1 fully saturated rings. The number of hydrogen-bond donors (Lipinski definition) is 3. The molecule has 20 heavy (non-hydrogen) atoms. The first-order chi connectivity index (χ1) is 9.75. The number of aromatic nitrogens is 2. The zero-order valence-corrected chi connectivity index (χ0v) is 11.5. The molecule has 1 unspecified atom stereocenters. The highest BCUT2D eigenvalue weighted by Gasteiger charge is 2.22. The summed E-state index contributed by atoms with van der Waals surface area (Å²) in [6.07, 6.45) is 0. The molecule has 6 nitrogen and oxygen atoms in total. The standard InChI is InChI=1S/C13H14N4O2S/c18-12-9-4-2-1-3-8(9)10(16-17-12)5-14-13(19)11-6-20-7-15-11/h1-4,11,15H,5-7H2,(H,14,19)(H,17,18). The molecular formula is C13H14N4O2S. The minimum Gasteiger partial charge on any atom is -0.349 e. The van der Waals surface area contributed by atoms with Gasteiger partial charge in [-0.1, -0.05) is 18.2 Å². The van der Waals surface area contributed by atoms with Gasteiger partial charge in [-0.25, -0.2) is 5.10 Å². The average molecular weight is 290 g/mol. The van der Waals surface area contributed by atoms with Crippen LogP contribution in [0.25, 0.3) is 10.8 Å². The van der Waals surface area contributed by atoms with Gasteiger partial charge in [0.25, 0.3) is 5.56 Å². The Morgan fingerprint density at radius 3 is 2.95 bits per heavy atom. The first-order valence-corrected chi connectivity index (χ1v) is 7.46. The molecule has 2 heterocycles. The number of hydrogen-bond acceptors (Lipinski definition) is 5. The van der Waals surface area contributed by atoms with E-state index in [9.17, 15) is 9.59 Å². The molecule has 0 aliphatic carbocycles. The van der Waals surface area contributed by atoms with Crippen LogP contribution in [0.4, 0.5) is 0 Å². The van der Waals surface area contributed by atoms with Gasteiger partial charge in [-0.05, 0) is 6.07 Å². The second kappa shape index (κ2) is 5.64. The number of nitrogens with zero attached hydrogens (tertiary/aromatic N) is 1. The molecule has 0 spiro atoms. The Hall–Kier alpha value is -1.86. The molecule has 1 atom stereocenters. The fourth-order valence-electron chi connectivity index (χ4n) is 2.16. The van der Waals surface area contributed by atoms with E-state index < -0.39 is 0 Å². The van der Waals surface area contributed by atoms with Crippen molar-refractivity contribution in [3.63, 3.8) is 0 Å². The molecule has 1 amide bonds. The lowest BCUT2D eigenvalue weighted by molar-refractivity contribution is -0.122. The summed E-state index contributed by atoms with van der Waals surface area (Å²) >= 11 is 1.70. The molecular weight excluding hydrogens is 276 g/mol. The van der Waals surface area contributed by atoms with E-state index in [4.69, 9.17) is 0 Å². The Bertz CT molecular complexity index is 694. The van der Waals surface area contributed by atoms with Gasteiger partial charge in [-0.3, -0.25) is 14.9 Å². The number of nitrogens with one attached hydrogen (secondary N) is 3. The van der Waals surface area contributed by atoms with Gasteiger partial charge in [0, 0.05) is 17.0 Å². The van der Waals surface area contributed by atoms with Gasteiger partial charge in [-0.2, -0.15) is 5.10 Å². The fraction of sp³-hybridized carbons (Fsp3) is 0.308. The maximum absolute atomic E-state index is 11.9. The lowest BCUT2D eigenvalue weighted by Gasteiger charge is -2.11. The maximum Gasteiger partial charge on any atom is 0.272 e. The van der Waals surface area contributed by atoms with Crippen LogP contribution < -0.4 is 16.2 Å². The average Bonchev–Trinajstić information content (AvgIpc) is 3.01. The smallest absolute Gasteiger partial charge is 0.272 e. The Labute approximate surface area is 119 Å². The van der Waals surface area contributed by atoms with Crippen LogP contribution in [0, 0.1) is 0 Å². The molecule has 0 radical (unpaired) electrons. The van der Waals surface area contributed by atoms with Crippen LogP contribution >= 0.6 is 11.8 Å². The minimum absolute atomic E-state index is 0.0351. The fourth-order valence-corrected chi connectivity index (χ4v) is 3.11. The van der Waals surface area contributed by atoms with Gasteiger partial charge < -0.3 is 5.32 Å². The van der Waals surface area contributed by atoms with Gasteiger partial charge in [-0.15, -0.1) is 11.8 Å². The highest BCUT2D eigenvalue weighted by atomic mass is 32.2. The van der Waals surface area contributed by atoms with E-state index in [1.807, 2.05) is 12.1 Å². The number of amides is 1. The van der Waals surface area contributed by atoms with Crippen molar-refractivity contribution in [2.45, 2.75) is 12.6 Å². The van der Waals surface area contributed by atoms with Crippen molar-refractivity contribution in [3.05, 3.63) is 40.3 Å². The SMILES string of the molecule is O=C(NCc1n[nH]c(=O)c2ccccc12)C1CSCN1. The molecule has 3 rings (SSSR count). The number of aromatic amines is 1. The number of carbonyl (C=O) groups is 1. The second-order valence-electron chi connectivity index (χ2n) is 4.53. The summed E-state index contributed by atoms with van der Waals surface area (Å²) in [5, 5.41) is 13.8. The lowest BCUT2D eigenvalue weighted by Crippen LogP contribution is -2.41.